The van der Waals surface area contributed by atoms with Crippen molar-refractivity contribution in [3.8, 4) is 0 Å². The third kappa shape index (κ3) is 2.39. The standard InChI is InChI=1S/C17H24F3NO2/c18-17(19,20)16(23)1-3-21(4-2-16)14(22)15-8-11-5-12(9-15)7-13(6-11)10-15/h11-13,23H,1-10H2. The summed E-state index contributed by atoms with van der Waals surface area (Å²) in [6, 6.07) is 0. The van der Waals surface area contributed by atoms with Gasteiger partial charge in [0.2, 0.25) is 5.91 Å². The van der Waals surface area contributed by atoms with Crippen LogP contribution in [0.15, 0.2) is 0 Å². The smallest absolute Gasteiger partial charge is 0.380 e. The molecular weight excluding hydrogens is 307 g/mol. The largest absolute Gasteiger partial charge is 0.417 e. The quantitative estimate of drug-likeness (QED) is 0.802. The van der Waals surface area contributed by atoms with Gasteiger partial charge in [0, 0.05) is 25.9 Å². The van der Waals surface area contributed by atoms with E-state index in [0.717, 1.165) is 19.3 Å². The molecule has 0 spiro atoms. The van der Waals surface area contributed by atoms with Crippen molar-refractivity contribution in [1.29, 1.82) is 0 Å². The highest BCUT2D eigenvalue weighted by Crippen LogP contribution is 2.60. The van der Waals surface area contributed by atoms with Crippen LogP contribution in [-0.4, -0.2) is 40.8 Å². The summed E-state index contributed by atoms with van der Waals surface area (Å²) in [4.78, 5) is 14.7. The molecule has 1 saturated heterocycles. The molecule has 5 aliphatic rings. The molecule has 1 aliphatic heterocycles. The Labute approximate surface area is 134 Å². The fourth-order valence-corrected chi connectivity index (χ4v) is 6.07. The van der Waals surface area contributed by atoms with Gasteiger partial charge >= 0.3 is 6.18 Å². The van der Waals surface area contributed by atoms with Crippen molar-refractivity contribution in [1.82, 2.24) is 4.90 Å². The minimum atomic E-state index is -4.61. The molecule has 0 radical (unpaired) electrons. The van der Waals surface area contributed by atoms with Crippen LogP contribution in [0.3, 0.4) is 0 Å². The summed E-state index contributed by atoms with van der Waals surface area (Å²) in [5.74, 6) is 1.99. The van der Waals surface area contributed by atoms with Gasteiger partial charge in [0.05, 0.1) is 5.41 Å². The lowest BCUT2D eigenvalue weighted by atomic mass is 9.49. The highest BCUT2D eigenvalue weighted by atomic mass is 19.4. The Kier molecular flexibility index (Phi) is 3.33. The Balaban J connectivity index is 1.47. The van der Waals surface area contributed by atoms with Gasteiger partial charge < -0.3 is 10.0 Å². The summed E-state index contributed by atoms with van der Waals surface area (Å²) in [6.45, 7) is 0.0488. The molecule has 0 atom stereocenters. The summed E-state index contributed by atoms with van der Waals surface area (Å²) in [5, 5.41) is 9.78. The van der Waals surface area contributed by atoms with E-state index in [1.807, 2.05) is 0 Å². The Hall–Kier alpha value is -0.780. The van der Waals surface area contributed by atoms with Crippen LogP contribution in [0.5, 0.6) is 0 Å². The van der Waals surface area contributed by atoms with Gasteiger partial charge in [-0.05, 0) is 56.3 Å². The maximum atomic E-state index is 13.1. The summed E-state index contributed by atoms with van der Waals surface area (Å²) >= 11 is 0. The monoisotopic (exact) mass is 331 g/mol. The van der Waals surface area contributed by atoms with E-state index in [2.05, 4.69) is 0 Å². The molecule has 3 nitrogen and oxygen atoms in total. The first-order valence-corrected chi connectivity index (χ1v) is 8.79. The second-order valence-electron chi connectivity index (χ2n) is 8.52. The van der Waals surface area contributed by atoms with E-state index in [-0.39, 0.29) is 24.4 Å². The van der Waals surface area contributed by atoms with Crippen molar-refractivity contribution in [3.63, 3.8) is 0 Å². The van der Waals surface area contributed by atoms with Crippen LogP contribution in [0.4, 0.5) is 13.2 Å². The van der Waals surface area contributed by atoms with Crippen molar-refractivity contribution in [2.24, 2.45) is 23.2 Å². The zero-order valence-electron chi connectivity index (χ0n) is 13.2. The molecule has 5 rings (SSSR count). The number of alkyl halides is 3. The number of nitrogens with zero attached hydrogens (tertiary/aromatic N) is 1. The zero-order valence-corrected chi connectivity index (χ0v) is 13.2. The van der Waals surface area contributed by atoms with E-state index < -0.39 is 24.6 Å². The van der Waals surface area contributed by atoms with Crippen molar-refractivity contribution in [3.05, 3.63) is 0 Å². The molecule has 4 bridgehead atoms. The van der Waals surface area contributed by atoms with Gasteiger partial charge in [-0.1, -0.05) is 0 Å². The van der Waals surface area contributed by atoms with Crippen LogP contribution in [0.25, 0.3) is 0 Å². The molecular formula is C17H24F3NO2. The first-order valence-electron chi connectivity index (χ1n) is 8.79. The van der Waals surface area contributed by atoms with Crippen LogP contribution in [0.2, 0.25) is 0 Å². The van der Waals surface area contributed by atoms with Crippen molar-refractivity contribution < 1.29 is 23.1 Å². The Morgan fingerprint density at radius 3 is 1.78 bits per heavy atom. The molecule has 4 aliphatic carbocycles. The van der Waals surface area contributed by atoms with Crippen LogP contribution in [0, 0.1) is 23.2 Å². The Morgan fingerprint density at radius 2 is 1.39 bits per heavy atom. The van der Waals surface area contributed by atoms with E-state index in [4.69, 9.17) is 0 Å². The van der Waals surface area contributed by atoms with Gasteiger partial charge in [0.1, 0.15) is 0 Å². The number of halogens is 3. The van der Waals surface area contributed by atoms with E-state index >= 15 is 0 Å². The summed E-state index contributed by atoms with van der Waals surface area (Å²) in [7, 11) is 0. The number of amides is 1. The van der Waals surface area contributed by atoms with Gasteiger partial charge in [-0.3, -0.25) is 4.79 Å². The molecule has 0 aromatic rings. The van der Waals surface area contributed by atoms with E-state index in [1.165, 1.54) is 19.3 Å². The number of carbonyl (C=O) groups excluding carboxylic acids is 1. The van der Waals surface area contributed by atoms with E-state index in [0.29, 0.717) is 17.8 Å². The minimum absolute atomic E-state index is 0.0244. The number of aliphatic hydroxyl groups is 1. The minimum Gasteiger partial charge on any atom is -0.380 e. The summed E-state index contributed by atoms with van der Waals surface area (Å²) in [5.41, 5.74) is -2.92. The maximum absolute atomic E-state index is 13.1. The number of hydrogen-bond acceptors (Lipinski definition) is 2. The normalized spacial score (nSPS) is 42.1. The van der Waals surface area contributed by atoms with Gasteiger partial charge in [0.15, 0.2) is 5.60 Å². The number of rotatable bonds is 1. The fourth-order valence-electron chi connectivity index (χ4n) is 6.07. The maximum Gasteiger partial charge on any atom is 0.417 e. The molecule has 1 N–H and O–H groups in total. The van der Waals surface area contributed by atoms with Gasteiger partial charge in [0.25, 0.3) is 0 Å². The summed E-state index contributed by atoms with van der Waals surface area (Å²) < 4.78 is 38.7. The predicted octanol–water partition coefficient (Wildman–Crippen LogP) is 3.12. The van der Waals surface area contributed by atoms with Gasteiger partial charge in [-0.2, -0.15) is 13.2 Å². The molecule has 23 heavy (non-hydrogen) atoms. The van der Waals surface area contributed by atoms with Gasteiger partial charge in [-0.25, -0.2) is 0 Å². The zero-order chi connectivity index (χ0) is 16.5. The average Bonchev–Trinajstić information content (AvgIpc) is 2.45. The first-order chi connectivity index (χ1) is 10.7. The topological polar surface area (TPSA) is 40.5 Å². The summed E-state index contributed by atoms with van der Waals surface area (Å²) in [6.07, 6.45) is 1.10. The van der Waals surface area contributed by atoms with Gasteiger partial charge in [-0.15, -0.1) is 0 Å². The predicted molar refractivity (Wildman–Crippen MR) is 77.4 cm³/mol. The van der Waals surface area contributed by atoms with Crippen LogP contribution in [-0.2, 0) is 4.79 Å². The highest BCUT2D eigenvalue weighted by molar-refractivity contribution is 5.83. The SMILES string of the molecule is O=C(N1CCC(O)(C(F)(F)F)CC1)C12CC3CC(CC(C3)C1)C2. The lowest BCUT2D eigenvalue weighted by molar-refractivity contribution is -0.272. The third-order valence-electron chi connectivity index (χ3n) is 6.90. The van der Waals surface area contributed by atoms with E-state index in [9.17, 15) is 23.1 Å². The first kappa shape index (κ1) is 15.7. The highest BCUT2D eigenvalue weighted by Gasteiger charge is 2.58. The van der Waals surface area contributed by atoms with Crippen molar-refractivity contribution >= 4 is 5.91 Å². The molecule has 0 unspecified atom stereocenters. The fraction of sp³-hybridized carbons (Fsp3) is 0.941. The lowest BCUT2D eigenvalue weighted by Gasteiger charge is -2.57. The molecule has 0 aromatic carbocycles. The number of hydrogen-bond donors (Lipinski definition) is 1. The van der Waals surface area contributed by atoms with Crippen molar-refractivity contribution in [2.75, 3.05) is 13.1 Å². The molecule has 5 fully saturated rings. The molecule has 1 amide bonds. The number of likely N-dealkylation sites (tertiary alicyclic amines) is 1. The Morgan fingerprint density at radius 1 is 0.957 bits per heavy atom. The number of carbonyl (C=O) groups is 1. The third-order valence-corrected chi connectivity index (χ3v) is 6.90. The van der Waals surface area contributed by atoms with Crippen molar-refractivity contribution in [2.45, 2.75) is 63.1 Å². The molecule has 0 aromatic heterocycles. The average molecular weight is 331 g/mol. The number of piperidine rings is 1. The second-order valence-corrected chi connectivity index (χ2v) is 8.52. The van der Waals surface area contributed by atoms with Crippen LogP contribution < -0.4 is 0 Å². The molecule has 130 valence electrons. The second kappa shape index (κ2) is 4.87. The lowest BCUT2D eigenvalue weighted by Crippen LogP contribution is -2.59. The van der Waals surface area contributed by atoms with E-state index in [1.54, 1.807) is 4.90 Å². The Bertz CT molecular complexity index is 473. The van der Waals surface area contributed by atoms with Crippen LogP contribution in [0.1, 0.15) is 51.4 Å². The molecule has 4 saturated carbocycles. The molecule has 1 heterocycles. The van der Waals surface area contributed by atoms with Crippen LogP contribution >= 0.6 is 0 Å². The molecule has 6 heteroatoms.